The van der Waals surface area contributed by atoms with Crippen molar-refractivity contribution in [2.75, 3.05) is 18.9 Å². The number of nitrogens with zero attached hydrogens (tertiary/aromatic N) is 4. The summed E-state index contributed by atoms with van der Waals surface area (Å²) in [5.41, 5.74) is 6.52. The normalized spacial score (nSPS) is 20.9. The number of nitriles is 1. The number of aliphatic hydroxyl groups is 2. The van der Waals surface area contributed by atoms with Crippen molar-refractivity contribution in [3.63, 3.8) is 0 Å². The van der Waals surface area contributed by atoms with Crippen LogP contribution in [0.1, 0.15) is 166 Å². The molecule has 2 aromatic heterocycles. The van der Waals surface area contributed by atoms with E-state index in [-0.39, 0.29) is 25.1 Å². The molecule has 4 rings (SSSR count). The third-order valence-corrected chi connectivity index (χ3v) is 12.0. The number of hydrogen-bond acceptors (Lipinski definition) is 12. The number of rotatable bonds is 30. The molecule has 1 aromatic carbocycles. The zero-order chi connectivity index (χ0) is 42.7. The topological polar surface area (TPSA) is 204 Å². The molecule has 1 aliphatic rings. The Bertz CT molecular complexity index is 1770. The second-order valence-electron chi connectivity index (χ2n) is 16.5. The Kier molecular flexibility index (Phi) is 20.5. The second-order valence-corrected chi connectivity index (χ2v) is 18.0. The molecular weight excluding hydrogens is 773 g/mol. The van der Waals surface area contributed by atoms with Crippen LogP contribution in [0.4, 0.5) is 5.82 Å². The van der Waals surface area contributed by atoms with Crippen LogP contribution in [-0.4, -0.2) is 72.9 Å². The molecule has 0 aliphatic carbocycles. The minimum Gasteiger partial charge on any atom is -0.490 e. The van der Waals surface area contributed by atoms with Crippen molar-refractivity contribution in [1.82, 2.24) is 14.6 Å². The third-order valence-electron chi connectivity index (χ3n) is 11.0. The molecule has 0 radical (unpaired) electrons. The fraction of sp³-hybridized carbons (Fsp3) is 0.705. The van der Waals surface area contributed by atoms with Gasteiger partial charge in [0.05, 0.1) is 43.3 Å². The van der Waals surface area contributed by atoms with Crippen molar-refractivity contribution >= 4 is 19.2 Å². The van der Waals surface area contributed by atoms with E-state index >= 15 is 0 Å². The van der Waals surface area contributed by atoms with Crippen LogP contribution in [-0.2, 0) is 29.7 Å². The van der Waals surface area contributed by atoms with Gasteiger partial charge in [0.15, 0.2) is 5.82 Å². The highest BCUT2D eigenvalue weighted by Gasteiger charge is 2.53. The van der Waals surface area contributed by atoms with E-state index in [1.165, 1.54) is 108 Å². The van der Waals surface area contributed by atoms with Gasteiger partial charge in [0.25, 0.3) is 0 Å². The van der Waals surface area contributed by atoms with Crippen LogP contribution in [0.15, 0.2) is 36.7 Å². The molecule has 330 valence electrons. The average Bonchev–Trinajstić information content (AvgIpc) is 3.74. The molecule has 0 saturated carbocycles. The lowest BCUT2D eigenvalue weighted by molar-refractivity contribution is -0.101. The number of nitrogen functional groups attached to an aromatic ring is 1. The van der Waals surface area contributed by atoms with Gasteiger partial charge in [0.2, 0.25) is 0 Å². The van der Waals surface area contributed by atoms with E-state index in [4.69, 9.17) is 29.0 Å². The van der Waals surface area contributed by atoms with Gasteiger partial charge in [0, 0.05) is 0 Å². The maximum absolute atomic E-state index is 13.2. The van der Waals surface area contributed by atoms with Crippen LogP contribution in [0.5, 0.6) is 5.75 Å². The van der Waals surface area contributed by atoms with E-state index in [9.17, 15) is 24.9 Å². The summed E-state index contributed by atoms with van der Waals surface area (Å²) in [6.45, 7) is 6.93. The first-order valence-corrected chi connectivity index (χ1v) is 23.4. The SMILES string of the molecule is CCCCCCCCCCCCCCCCCCC[C@H](COP(=O)(O)OC[C@@]1(C)O[C@@H](c2ccc3c(N)ncnn23)[C@H](O)[C@@H]1O)OCc1ccc(C#N)c(OC(C)C)c1. The molecule has 3 aromatic rings. The van der Waals surface area contributed by atoms with Gasteiger partial charge in [-0.1, -0.05) is 122 Å². The first-order valence-electron chi connectivity index (χ1n) is 21.9. The maximum Gasteiger partial charge on any atom is 0.472 e. The van der Waals surface area contributed by atoms with Gasteiger partial charge < -0.3 is 35.1 Å². The Morgan fingerprint density at radius 1 is 0.932 bits per heavy atom. The fourth-order valence-corrected chi connectivity index (χ4v) is 8.40. The van der Waals surface area contributed by atoms with Gasteiger partial charge in [0.1, 0.15) is 47.6 Å². The quantitative estimate of drug-likeness (QED) is 0.0365. The molecule has 6 atom stereocenters. The summed E-state index contributed by atoms with van der Waals surface area (Å²) in [6, 6.07) is 10.8. The van der Waals surface area contributed by atoms with Gasteiger partial charge in [-0.05, 0) is 57.0 Å². The predicted molar refractivity (Wildman–Crippen MR) is 228 cm³/mol. The minimum absolute atomic E-state index is 0.118. The first-order chi connectivity index (χ1) is 28.4. The monoisotopic (exact) mass is 843 g/mol. The Morgan fingerprint density at radius 3 is 2.14 bits per heavy atom. The highest BCUT2D eigenvalue weighted by atomic mass is 31.2. The Balaban J connectivity index is 1.24. The highest BCUT2D eigenvalue weighted by Crippen LogP contribution is 2.48. The smallest absolute Gasteiger partial charge is 0.472 e. The number of ether oxygens (including phenoxy) is 3. The Morgan fingerprint density at radius 2 is 1.54 bits per heavy atom. The third kappa shape index (κ3) is 15.7. The predicted octanol–water partition coefficient (Wildman–Crippen LogP) is 9.28. The zero-order valence-electron chi connectivity index (χ0n) is 35.8. The average molecular weight is 844 g/mol. The van der Waals surface area contributed by atoms with Gasteiger partial charge in [-0.2, -0.15) is 10.4 Å². The summed E-state index contributed by atoms with van der Waals surface area (Å²) < 4.78 is 43.7. The summed E-state index contributed by atoms with van der Waals surface area (Å²) in [4.78, 5) is 14.7. The molecule has 0 bridgehead atoms. The number of nitrogens with two attached hydrogens (primary N) is 1. The zero-order valence-corrected chi connectivity index (χ0v) is 36.7. The molecule has 0 amide bonds. The number of phosphoric ester groups is 1. The number of benzene rings is 1. The lowest BCUT2D eigenvalue weighted by atomic mass is 9.97. The summed E-state index contributed by atoms with van der Waals surface area (Å²) in [6.07, 6.45) is 18.9. The van der Waals surface area contributed by atoms with Crippen molar-refractivity contribution in [3.8, 4) is 11.8 Å². The van der Waals surface area contributed by atoms with E-state index in [1.54, 1.807) is 30.3 Å². The van der Waals surface area contributed by atoms with E-state index in [1.807, 2.05) is 13.8 Å². The van der Waals surface area contributed by atoms with Crippen molar-refractivity contribution in [1.29, 1.82) is 5.26 Å². The first kappa shape index (κ1) is 48.5. The molecule has 1 saturated heterocycles. The number of aromatic nitrogens is 3. The fourth-order valence-electron chi connectivity index (χ4n) is 7.55. The minimum atomic E-state index is -4.67. The largest absolute Gasteiger partial charge is 0.490 e. The van der Waals surface area contributed by atoms with Crippen LogP contribution in [0.3, 0.4) is 0 Å². The lowest BCUT2D eigenvalue weighted by Crippen LogP contribution is -2.44. The molecular formula is C44H70N5O9P. The molecule has 14 nitrogen and oxygen atoms in total. The molecule has 15 heteroatoms. The Labute approximate surface area is 351 Å². The van der Waals surface area contributed by atoms with Crippen LogP contribution in [0.25, 0.3) is 5.52 Å². The molecule has 0 spiro atoms. The van der Waals surface area contributed by atoms with Crippen LogP contribution in [0.2, 0.25) is 0 Å². The van der Waals surface area contributed by atoms with E-state index < -0.39 is 44.4 Å². The second kappa shape index (κ2) is 25.0. The van der Waals surface area contributed by atoms with E-state index in [2.05, 4.69) is 23.1 Å². The van der Waals surface area contributed by atoms with Crippen molar-refractivity contribution in [3.05, 3.63) is 53.5 Å². The van der Waals surface area contributed by atoms with Crippen molar-refractivity contribution in [2.45, 2.75) is 186 Å². The number of unbranched alkanes of at least 4 members (excludes halogenated alkanes) is 16. The number of fused-ring (bicyclic) bond motifs is 1. The molecule has 1 fully saturated rings. The molecule has 1 aliphatic heterocycles. The van der Waals surface area contributed by atoms with Crippen LogP contribution >= 0.6 is 7.82 Å². The van der Waals surface area contributed by atoms with Crippen LogP contribution < -0.4 is 10.5 Å². The Hall–Kier alpha value is -3.12. The highest BCUT2D eigenvalue weighted by molar-refractivity contribution is 7.47. The lowest BCUT2D eigenvalue weighted by Gasteiger charge is -2.28. The molecule has 59 heavy (non-hydrogen) atoms. The maximum atomic E-state index is 13.2. The number of anilines is 1. The number of phosphoric acid groups is 1. The summed E-state index contributed by atoms with van der Waals surface area (Å²) >= 11 is 0. The van der Waals surface area contributed by atoms with Gasteiger partial charge in [-0.3, -0.25) is 9.05 Å². The summed E-state index contributed by atoms with van der Waals surface area (Å²) in [5, 5.41) is 35.7. The van der Waals surface area contributed by atoms with E-state index in [0.717, 1.165) is 24.8 Å². The van der Waals surface area contributed by atoms with Gasteiger partial charge in [-0.25, -0.2) is 14.1 Å². The van der Waals surface area contributed by atoms with Gasteiger partial charge >= 0.3 is 7.82 Å². The summed E-state index contributed by atoms with van der Waals surface area (Å²) in [5.74, 6) is 0.704. The molecule has 1 unspecified atom stereocenters. The molecule has 5 N–H and O–H groups in total. The summed E-state index contributed by atoms with van der Waals surface area (Å²) in [7, 11) is -4.67. The standard InChI is InChI=1S/C44H70N5O9P/c1-5-6-7-8-9-10-11-12-13-14-15-16-17-18-19-20-21-22-36(54-29-34-23-24-35(28-45)39(27-34)57-33(2)3)30-55-59(52,53)56-31-44(4)42(51)40(50)41(58-44)37-25-26-38-43(46)47-32-48-49(37)38/h23-27,32-33,36,40-42,50-51H,5-22,29-31H2,1-4H3,(H,52,53)(H2,46,47,48)/t36-,40+,41+,42+,44-/m1/s1. The van der Waals surface area contributed by atoms with Crippen molar-refractivity contribution in [2.24, 2.45) is 0 Å². The van der Waals surface area contributed by atoms with Gasteiger partial charge in [-0.15, -0.1) is 0 Å². The molecule has 3 heterocycles. The van der Waals surface area contributed by atoms with E-state index in [0.29, 0.717) is 28.9 Å². The number of aliphatic hydroxyl groups excluding tert-OH is 2. The van der Waals surface area contributed by atoms with Crippen LogP contribution in [0, 0.1) is 11.3 Å². The van der Waals surface area contributed by atoms with Crippen molar-refractivity contribution < 1.29 is 42.9 Å². The number of hydrogen-bond donors (Lipinski definition) is 4.